The molecule has 0 aliphatic heterocycles. The van der Waals surface area contributed by atoms with Gasteiger partial charge in [0.05, 0.1) is 4.90 Å². The second-order valence-electron chi connectivity index (χ2n) is 6.11. The van der Waals surface area contributed by atoms with Crippen LogP contribution in [0.4, 0.5) is 0 Å². The predicted molar refractivity (Wildman–Crippen MR) is 82.4 cm³/mol. The Balaban J connectivity index is 1.88. The Labute approximate surface area is 122 Å². The monoisotopic (exact) mass is 295 g/mol. The van der Waals surface area contributed by atoms with Crippen molar-refractivity contribution in [3.63, 3.8) is 0 Å². The quantitative estimate of drug-likeness (QED) is 0.868. The molecule has 0 radical (unpaired) electrons. The molecule has 0 aromatic heterocycles. The summed E-state index contributed by atoms with van der Waals surface area (Å²) in [5, 5.41) is 3.61. The van der Waals surface area contributed by atoms with Crippen LogP contribution < -0.4 is 5.32 Å². The minimum Gasteiger partial charge on any atom is -0.310 e. The standard InChI is InChI=1S/C16H25NO2S/c1-13-4-3-5-15(9-6-13)17-12-14-7-10-16(11-8-14)20(2,18)19/h7-8,10-11,13,15,17H,3-6,9,12H2,1-2H3. The van der Waals surface area contributed by atoms with Crippen molar-refractivity contribution in [2.24, 2.45) is 5.92 Å². The van der Waals surface area contributed by atoms with Crippen LogP contribution in [0, 0.1) is 5.92 Å². The van der Waals surface area contributed by atoms with Crippen LogP contribution >= 0.6 is 0 Å². The van der Waals surface area contributed by atoms with Gasteiger partial charge in [0.1, 0.15) is 0 Å². The highest BCUT2D eigenvalue weighted by Crippen LogP contribution is 2.22. The first kappa shape index (κ1) is 15.5. The zero-order valence-electron chi connectivity index (χ0n) is 12.4. The van der Waals surface area contributed by atoms with E-state index in [-0.39, 0.29) is 0 Å². The maximum atomic E-state index is 11.4. The topological polar surface area (TPSA) is 46.2 Å². The van der Waals surface area contributed by atoms with E-state index in [0.717, 1.165) is 18.0 Å². The average Bonchev–Trinajstić information content (AvgIpc) is 2.61. The number of sulfone groups is 1. The van der Waals surface area contributed by atoms with Crippen LogP contribution in [-0.4, -0.2) is 20.7 Å². The molecule has 0 heterocycles. The van der Waals surface area contributed by atoms with Gasteiger partial charge in [-0.2, -0.15) is 0 Å². The van der Waals surface area contributed by atoms with Gasteiger partial charge in [-0.3, -0.25) is 0 Å². The summed E-state index contributed by atoms with van der Waals surface area (Å²) in [4.78, 5) is 0.393. The van der Waals surface area contributed by atoms with Gasteiger partial charge in [-0.1, -0.05) is 31.9 Å². The third kappa shape index (κ3) is 4.60. The Morgan fingerprint density at radius 1 is 1.10 bits per heavy atom. The van der Waals surface area contributed by atoms with E-state index in [2.05, 4.69) is 12.2 Å². The summed E-state index contributed by atoms with van der Waals surface area (Å²) >= 11 is 0. The van der Waals surface area contributed by atoms with Gasteiger partial charge in [-0.25, -0.2) is 8.42 Å². The molecule has 3 nitrogen and oxygen atoms in total. The highest BCUT2D eigenvalue weighted by atomic mass is 32.2. The zero-order chi connectivity index (χ0) is 14.6. The number of rotatable bonds is 4. The molecule has 1 aliphatic rings. The van der Waals surface area contributed by atoms with Crippen LogP contribution in [0.25, 0.3) is 0 Å². The minimum atomic E-state index is -3.09. The Bertz CT molecular complexity index is 522. The van der Waals surface area contributed by atoms with Crippen molar-refractivity contribution in [3.05, 3.63) is 29.8 Å². The fraction of sp³-hybridized carbons (Fsp3) is 0.625. The second kappa shape index (κ2) is 6.72. The van der Waals surface area contributed by atoms with Crippen molar-refractivity contribution in [2.75, 3.05) is 6.26 Å². The number of benzene rings is 1. The third-order valence-corrected chi connectivity index (χ3v) is 5.33. The molecule has 4 heteroatoms. The predicted octanol–water partition coefficient (Wildman–Crippen LogP) is 3.15. The second-order valence-corrected chi connectivity index (χ2v) is 8.12. The van der Waals surface area contributed by atoms with Crippen LogP contribution in [0.2, 0.25) is 0 Å². The van der Waals surface area contributed by atoms with E-state index in [1.807, 2.05) is 12.1 Å². The van der Waals surface area contributed by atoms with Crippen LogP contribution in [-0.2, 0) is 16.4 Å². The van der Waals surface area contributed by atoms with Crippen LogP contribution in [0.15, 0.2) is 29.2 Å². The van der Waals surface area contributed by atoms with Crippen molar-refractivity contribution in [1.29, 1.82) is 0 Å². The van der Waals surface area contributed by atoms with E-state index in [0.29, 0.717) is 10.9 Å². The van der Waals surface area contributed by atoms with Crippen LogP contribution in [0.5, 0.6) is 0 Å². The van der Waals surface area contributed by atoms with Gasteiger partial charge in [-0.15, -0.1) is 0 Å². The normalized spacial score (nSPS) is 24.3. The Hall–Kier alpha value is -0.870. The molecular formula is C16H25NO2S. The lowest BCUT2D eigenvalue weighted by Gasteiger charge is -2.16. The Kier molecular flexibility index (Phi) is 5.22. The summed E-state index contributed by atoms with van der Waals surface area (Å²) in [5.74, 6) is 0.857. The van der Waals surface area contributed by atoms with E-state index >= 15 is 0 Å². The lowest BCUT2D eigenvalue weighted by molar-refractivity contribution is 0.447. The number of hydrogen-bond acceptors (Lipinski definition) is 3. The average molecular weight is 295 g/mol. The summed E-state index contributed by atoms with van der Waals surface area (Å²) in [6.45, 7) is 3.16. The first-order valence-electron chi connectivity index (χ1n) is 7.47. The molecule has 0 amide bonds. The fourth-order valence-electron chi connectivity index (χ4n) is 2.81. The summed E-state index contributed by atoms with van der Waals surface area (Å²) in [6, 6.07) is 7.81. The highest BCUT2D eigenvalue weighted by molar-refractivity contribution is 7.90. The van der Waals surface area contributed by atoms with Gasteiger partial charge in [0.2, 0.25) is 0 Å². The molecular weight excluding hydrogens is 270 g/mol. The van der Waals surface area contributed by atoms with Crippen LogP contribution in [0.3, 0.4) is 0 Å². The van der Waals surface area contributed by atoms with E-state index in [9.17, 15) is 8.42 Å². The Morgan fingerprint density at radius 3 is 2.45 bits per heavy atom. The van der Waals surface area contributed by atoms with Crippen LogP contribution in [0.1, 0.15) is 44.6 Å². The highest BCUT2D eigenvalue weighted by Gasteiger charge is 2.15. The largest absolute Gasteiger partial charge is 0.310 e. The van der Waals surface area contributed by atoms with Gasteiger partial charge in [-0.05, 0) is 42.9 Å². The minimum absolute atomic E-state index is 0.393. The summed E-state index contributed by atoms with van der Waals surface area (Å²) < 4.78 is 22.8. The molecule has 1 aromatic rings. The maximum absolute atomic E-state index is 11.4. The van der Waals surface area contributed by atoms with E-state index in [1.54, 1.807) is 12.1 Å². The van der Waals surface area contributed by atoms with Crippen molar-refractivity contribution >= 4 is 9.84 Å². The van der Waals surface area contributed by atoms with E-state index in [1.165, 1.54) is 38.4 Å². The van der Waals surface area contributed by atoms with Crippen molar-refractivity contribution < 1.29 is 8.42 Å². The lowest BCUT2D eigenvalue weighted by atomic mass is 10.0. The SMILES string of the molecule is CC1CCCC(NCc2ccc(S(C)(=O)=O)cc2)CC1. The summed E-state index contributed by atoms with van der Waals surface area (Å²) in [5.41, 5.74) is 1.15. The van der Waals surface area contributed by atoms with Crippen molar-refractivity contribution in [3.8, 4) is 0 Å². The molecule has 0 bridgehead atoms. The maximum Gasteiger partial charge on any atom is 0.175 e. The fourth-order valence-corrected chi connectivity index (χ4v) is 3.44. The smallest absolute Gasteiger partial charge is 0.175 e. The van der Waals surface area contributed by atoms with Gasteiger partial charge >= 0.3 is 0 Å². The first-order valence-corrected chi connectivity index (χ1v) is 9.36. The van der Waals surface area contributed by atoms with Gasteiger partial charge in [0, 0.05) is 18.8 Å². The molecule has 1 aliphatic carbocycles. The first-order chi connectivity index (χ1) is 9.45. The van der Waals surface area contributed by atoms with Crippen molar-refractivity contribution in [1.82, 2.24) is 5.32 Å². The Morgan fingerprint density at radius 2 is 1.80 bits per heavy atom. The van der Waals surface area contributed by atoms with Gasteiger partial charge in [0.15, 0.2) is 9.84 Å². The molecule has 20 heavy (non-hydrogen) atoms. The molecule has 1 fully saturated rings. The molecule has 1 N–H and O–H groups in total. The van der Waals surface area contributed by atoms with Crippen molar-refractivity contribution in [2.45, 2.75) is 56.5 Å². The van der Waals surface area contributed by atoms with E-state index < -0.39 is 9.84 Å². The molecule has 2 rings (SSSR count). The zero-order valence-corrected chi connectivity index (χ0v) is 13.2. The third-order valence-electron chi connectivity index (χ3n) is 4.20. The molecule has 112 valence electrons. The molecule has 0 spiro atoms. The number of nitrogens with one attached hydrogen (secondary N) is 1. The summed E-state index contributed by atoms with van der Waals surface area (Å²) in [7, 11) is -3.09. The van der Waals surface area contributed by atoms with E-state index in [4.69, 9.17) is 0 Å². The molecule has 0 saturated heterocycles. The molecule has 2 unspecified atom stereocenters. The molecule has 2 atom stereocenters. The molecule has 1 saturated carbocycles. The summed E-state index contributed by atoms with van der Waals surface area (Å²) in [6.07, 6.45) is 7.72. The van der Waals surface area contributed by atoms with Gasteiger partial charge < -0.3 is 5.32 Å². The molecule has 1 aromatic carbocycles. The van der Waals surface area contributed by atoms with Gasteiger partial charge in [0.25, 0.3) is 0 Å². The lowest BCUT2D eigenvalue weighted by Crippen LogP contribution is -2.27. The number of hydrogen-bond donors (Lipinski definition) is 1.